The number of imidazole rings is 1. The number of nitrogens with zero attached hydrogens (tertiary/aromatic N) is 1. The number of hydrogen-bond donors (Lipinski definition) is 1. The van der Waals surface area contributed by atoms with Crippen molar-refractivity contribution in [3.8, 4) is 0 Å². The van der Waals surface area contributed by atoms with Gasteiger partial charge in [-0.15, -0.1) is 18.2 Å². The Hall–Kier alpha value is -1.02. The largest absolute Gasteiger partial charge is 0.345 e. The fourth-order valence-corrected chi connectivity index (χ4v) is 1.17. The molecule has 0 unspecified atom stereocenters. The van der Waals surface area contributed by atoms with Crippen LogP contribution in [0.15, 0.2) is 18.7 Å². The highest BCUT2D eigenvalue weighted by atomic mass is 35.5. The third kappa shape index (κ3) is 2.74. The molecule has 0 aliphatic rings. The molecule has 0 aliphatic heterocycles. The molecule has 1 aromatic rings. The Morgan fingerprint density at radius 1 is 1.62 bits per heavy atom. The lowest BCUT2D eigenvalue weighted by Crippen LogP contribution is -1.78. The molecule has 0 aliphatic carbocycles. The lowest BCUT2D eigenvalue weighted by atomic mass is 10.3. The molecule has 13 heavy (non-hydrogen) atoms. The molecule has 70 valence electrons. The van der Waals surface area contributed by atoms with E-state index in [2.05, 4.69) is 16.5 Å². The van der Waals surface area contributed by atoms with Crippen molar-refractivity contribution >= 4 is 17.7 Å². The molecule has 3 heteroatoms. The van der Waals surface area contributed by atoms with Gasteiger partial charge in [0.15, 0.2) is 0 Å². The number of aromatic nitrogens is 2. The van der Waals surface area contributed by atoms with E-state index in [1.807, 2.05) is 25.2 Å². The molecule has 1 aromatic heterocycles. The molecule has 1 N–H and O–H groups in total. The lowest BCUT2D eigenvalue weighted by Gasteiger charge is -1.85. The summed E-state index contributed by atoms with van der Waals surface area (Å²) in [4.78, 5) is 7.39. The van der Waals surface area contributed by atoms with Crippen LogP contribution >= 0.6 is 11.6 Å². The Kier molecular flexibility index (Phi) is 3.77. The number of aryl methyl sites for hydroxylation is 1. The van der Waals surface area contributed by atoms with Crippen molar-refractivity contribution in [2.24, 2.45) is 0 Å². The van der Waals surface area contributed by atoms with Gasteiger partial charge < -0.3 is 4.98 Å². The molecule has 0 bridgehead atoms. The standard InChI is InChI=1S/C10H13ClN2/c1-3-4-5-6-9-8(2)12-10(7-11)13-9/h3,5-6H,1,4,7H2,2H3,(H,12,13)/b6-5-. The predicted octanol–water partition coefficient (Wildman–Crippen LogP) is 3.05. The number of H-pyrrole nitrogens is 1. The second-order valence-electron chi connectivity index (χ2n) is 2.75. The van der Waals surface area contributed by atoms with Gasteiger partial charge >= 0.3 is 0 Å². The highest BCUT2D eigenvalue weighted by molar-refractivity contribution is 6.16. The van der Waals surface area contributed by atoms with Gasteiger partial charge in [-0.1, -0.05) is 12.2 Å². The minimum absolute atomic E-state index is 0.427. The Balaban J connectivity index is 2.75. The van der Waals surface area contributed by atoms with Crippen LogP contribution in [-0.4, -0.2) is 9.97 Å². The first-order chi connectivity index (χ1) is 6.27. The van der Waals surface area contributed by atoms with E-state index in [1.165, 1.54) is 0 Å². The SMILES string of the molecule is C=CC/C=C\c1nc(CCl)[nH]c1C. The van der Waals surface area contributed by atoms with Crippen LogP contribution in [0.4, 0.5) is 0 Å². The average molecular weight is 197 g/mol. The molecule has 0 saturated heterocycles. The van der Waals surface area contributed by atoms with Gasteiger partial charge in [0.2, 0.25) is 0 Å². The molecular formula is C10H13ClN2. The third-order valence-electron chi connectivity index (χ3n) is 1.68. The molecule has 1 rings (SSSR count). The Morgan fingerprint density at radius 2 is 2.38 bits per heavy atom. The highest BCUT2D eigenvalue weighted by Gasteiger charge is 2.01. The molecule has 1 heterocycles. The van der Waals surface area contributed by atoms with Gasteiger partial charge in [0.25, 0.3) is 0 Å². The van der Waals surface area contributed by atoms with E-state index in [4.69, 9.17) is 11.6 Å². The number of rotatable bonds is 4. The van der Waals surface area contributed by atoms with Crippen molar-refractivity contribution in [2.45, 2.75) is 19.2 Å². The maximum absolute atomic E-state index is 5.64. The highest BCUT2D eigenvalue weighted by Crippen LogP contribution is 2.08. The van der Waals surface area contributed by atoms with E-state index >= 15 is 0 Å². The molecule has 0 fully saturated rings. The topological polar surface area (TPSA) is 28.7 Å². The summed E-state index contributed by atoms with van der Waals surface area (Å²) in [7, 11) is 0. The van der Waals surface area contributed by atoms with Gasteiger partial charge in [0.05, 0.1) is 11.6 Å². The van der Waals surface area contributed by atoms with Crippen LogP contribution in [0, 0.1) is 6.92 Å². The monoisotopic (exact) mass is 196 g/mol. The third-order valence-corrected chi connectivity index (χ3v) is 1.93. The van der Waals surface area contributed by atoms with E-state index < -0.39 is 0 Å². The van der Waals surface area contributed by atoms with Crippen molar-refractivity contribution < 1.29 is 0 Å². The first kappa shape index (κ1) is 10.1. The summed E-state index contributed by atoms with van der Waals surface area (Å²) in [6.45, 7) is 5.62. The van der Waals surface area contributed by atoms with E-state index in [0.717, 1.165) is 23.6 Å². The van der Waals surface area contributed by atoms with E-state index in [1.54, 1.807) is 0 Å². The predicted molar refractivity (Wildman–Crippen MR) is 56.7 cm³/mol. The summed E-state index contributed by atoms with van der Waals surface area (Å²) < 4.78 is 0. The maximum Gasteiger partial charge on any atom is 0.121 e. The number of hydrogen-bond acceptors (Lipinski definition) is 1. The van der Waals surface area contributed by atoms with Crippen LogP contribution in [-0.2, 0) is 5.88 Å². The van der Waals surface area contributed by atoms with Crippen molar-refractivity contribution in [1.29, 1.82) is 0 Å². The molecule has 2 nitrogen and oxygen atoms in total. The Morgan fingerprint density at radius 3 is 2.92 bits per heavy atom. The van der Waals surface area contributed by atoms with Gasteiger partial charge in [-0.25, -0.2) is 4.98 Å². The van der Waals surface area contributed by atoms with Crippen molar-refractivity contribution in [1.82, 2.24) is 9.97 Å². The van der Waals surface area contributed by atoms with Gasteiger partial charge in [0, 0.05) is 5.69 Å². The van der Waals surface area contributed by atoms with Crippen LogP contribution in [0.5, 0.6) is 0 Å². The summed E-state index contributed by atoms with van der Waals surface area (Å²) in [6.07, 6.45) is 6.71. The summed E-state index contributed by atoms with van der Waals surface area (Å²) >= 11 is 5.64. The van der Waals surface area contributed by atoms with Crippen LogP contribution in [0.25, 0.3) is 6.08 Å². The summed E-state index contributed by atoms with van der Waals surface area (Å²) in [6, 6.07) is 0. The van der Waals surface area contributed by atoms with Crippen molar-refractivity contribution in [3.63, 3.8) is 0 Å². The maximum atomic E-state index is 5.64. The second kappa shape index (κ2) is 4.87. The van der Waals surface area contributed by atoms with Gasteiger partial charge in [0.1, 0.15) is 5.82 Å². The first-order valence-electron chi connectivity index (χ1n) is 4.16. The fraction of sp³-hybridized carbons (Fsp3) is 0.300. The lowest BCUT2D eigenvalue weighted by molar-refractivity contribution is 1.10. The van der Waals surface area contributed by atoms with Crippen molar-refractivity contribution in [2.75, 3.05) is 0 Å². The summed E-state index contributed by atoms with van der Waals surface area (Å²) in [5, 5.41) is 0. The second-order valence-corrected chi connectivity index (χ2v) is 3.02. The number of nitrogens with one attached hydrogen (secondary N) is 1. The molecule has 0 atom stereocenters. The molecule has 0 spiro atoms. The summed E-state index contributed by atoms with van der Waals surface area (Å²) in [5.41, 5.74) is 2.01. The van der Waals surface area contributed by atoms with Gasteiger partial charge in [-0.3, -0.25) is 0 Å². The summed E-state index contributed by atoms with van der Waals surface area (Å²) in [5.74, 6) is 1.24. The molecule has 0 radical (unpaired) electrons. The quantitative estimate of drug-likeness (QED) is 0.582. The smallest absolute Gasteiger partial charge is 0.121 e. The van der Waals surface area contributed by atoms with E-state index in [0.29, 0.717) is 5.88 Å². The molecule has 0 saturated carbocycles. The van der Waals surface area contributed by atoms with Gasteiger partial charge in [-0.2, -0.15) is 0 Å². The minimum Gasteiger partial charge on any atom is -0.345 e. The number of allylic oxidation sites excluding steroid dienone is 2. The van der Waals surface area contributed by atoms with Crippen LogP contribution in [0.3, 0.4) is 0 Å². The normalized spacial score (nSPS) is 10.9. The van der Waals surface area contributed by atoms with Gasteiger partial charge in [-0.05, 0) is 19.4 Å². The zero-order valence-electron chi connectivity index (χ0n) is 7.68. The molecule has 0 aromatic carbocycles. The zero-order valence-corrected chi connectivity index (χ0v) is 8.43. The fourth-order valence-electron chi connectivity index (χ4n) is 1.04. The molecule has 0 amide bonds. The minimum atomic E-state index is 0.427. The number of aromatic amines is 1. The van der Waals surface area contributed by atoms with Crippen LogP contribution in [0.2, 0.25) is 0 Å². The Labute approximate surface area is 83.3 Å². The number of alkyl halides is 1. The van der Waals surface area contributed by atoms with E-state index in [-0.39, 0.29) is 0 Å². The van der Waals surface area contributed by atoms with Crippen molar-refractivity contribution in [3.05, 3.63) is 35.9 Å². The molecular weight excluding hydrogens is 184 g/mol. The average Bonchev–Trinajstić information content (AvgIpc) is 2.48. The Bertz CT molecular complexity index is 313. The number of halogens is 1. The van der Waals surface area contributed by atoms with Crippen LogP contribution < -0.4 is 0 Å². The van der Waals surface area contributed by atoms with E-state index in [9.17, 15) is 0 Å². The van der Waals surface area contributed by atoms with Crippen LogP contribution in [0.1, 0.15) is 23.6 Å². The zero-order chi connectivity index (χ0) is 9.68. The first-order valence-corrected chi connectivity index (χ1v) is 4.70.